The number of amides is 1. The number of fused-ring (bicyclic) bond motifs is 1. The second kappa shape index (κ2) is 10.6. The molecule has 6 rings (SSSR count). The van der Waals surface area contributed by atoms with Crippen molar-refractivity contribution in [1.29, 1.82) is 0 Å². The number of anilines is 2. The third-order valence-electron chi connectivity index (χ3n) is 5.58. The van der Waals surface area contributed by atoms with Crippen LogP contribution in [0.25, 0.3) is 16.1 Å². The van der Waals surface area contributed by atoms with Crippen molar-refractivity contribution >= 4 is 33.6 Å². The first-order chi connectivity index (χ1) is 17.6. The van der Waals surface area contributed by atoms with Gasteiger partial charge in [0.15, 0.2) is 5.01 Å². The Morgan fingerprint density at radius 3 is 2.42 bits per heavy atom. The van der Waals surface area contributed by atoms with Gasteiger partial charge < -0.3 is 4.90 Å². The van der Waals surface area contributed by atoms with Crippen LogP contribution in [-0.4, -0.2) is 43.8 Å². The zero-order valence-electron chi connectivity index (χ0n) is 19.0. The molecule has 1 saturated heterocycles. The largest absolute Gasteiger partial charge is 0.371 e. The summed E-state index contributed by atoms with van der Waals surface area (Å²) in [4.78, 5) is 19.2. The molecular formula is C25H21F2N7OS. The normalized spacial score (nSPS) is 12.9. The fourth-order valence-electron chi connectivity index (χ4n) is 3.79. The minimum absolute atomic E-state index is 0.248. The summed E-state index contributed by atoms with van der Waals surface area (Å²) < 4.78 is 25.6. The average molecular weight is 506 g/mol. The van der Waals surface area contributed by atoms with Crippen molar-refractivity contribution in [3.63, 3.8) is 0 Å². The van der Waals surface area contributed by atoms with E-state index in [1.807, 2.05) is 30.5 Å². The maximum absolute atomic E-state index is 12.8. The Bertz CT molecular complexity index is 1440. The van der Waals surface area contributed by atoms with Crippen LogP contribution < -0.4 is 10.2 Å². The van der Waals surface area contributed by atoms with E-state index in [2.05, 4.69) is 30.5 Å². The van der Waals surface area contributed by atoms with Gasteiger partial charge in [-0.05, 0) is 61.4 Å². The summed E-state index contributed by atoms with van der Waals surface area (Å²) >= 11 is 1.31. The molecule has 0 aliphatic carbocycles. The van der Waals surface area contributed by atoms with Gasteiger partial charge in [0, 0.05) is 42.9 Å². The molecule has 8 nitrogen and oxygen atoms in total. The van der Waals surface area contributed by atoms with Crippen LogP contribution in [0.5, 0.6) is 0 Å². The lowest BCUT2D eigenvalue weighted by atomic mass is 10.2. The van der Waals surface area contributed by atoms with Gasteiger partial charge >= 0.3 is 0 Å². The fraction of sp³-hybridized carbons (Fsp3) is 0.160. The van der Waals surface area contributed by atoms with Gasteiger partial charge in [-0.2, -0.15) is 5.10 Å². The molecular weight excluding hydrogens is 484 g/mol. The van der Waals surface area contributed by atoms with Crippen molar-refractivity contribution in [2.24, 2.45) is 0 Å². The summed E-state index contributed by atoms with van der Waals surface area (Å²) in [5, 5.41) is 16.5. The maximum atomic E-state index is 12.8. The van der Waals surface area contributed by atoms with Crippen LogP contribution in [-0.2, 0) is 0 Å². The van der Waals surface area contributed by atoms with E-state index in [0.29, 0.717) is 15.7 Å². The van der Waals surface area contributed by atoms with Crippen molar-refractivity contribution in [1.82, 2.24) is 24.8 Å². The first-order valence-electron chi connectivity index (χ1n) is 11.3. The molecule has 0 spiro atoms. The first-order valence-corrected chi connectivity index (χ1v) is 12.1. The molecule has 11 heteroatoms. The van der Waals surface area contributed by atoms with E-state index in [4.69, 9.17) is 0 Å². The highest BCUT2D eigenvalue weighted by Crippen LogP contribution is 2.27. The molecule has 5 aromatic rings. The molecule has 0 unspecified atom stereocenters. The highest BCUT2D eigenvalue weighted by Gasteiger charge is 2.18. The molecule has 36 heavy (non-hydrogen) atoms. The molecule has 1 amide bonds. The van der Waals surface area contributed by atoms with Crippen molar-refractivity contribution in [2.45, 2.75) is 12.8 Å². The summed E-state index contributed by atoms with van der Waals surface area (Å²) in [7, 11) is 0. The number of carbonyl (C=O) groups excluding carboxylic acids is 1. The molecule has 0 saturated carbocycles. The number of benzene rings is 1. The number of rotatable bonds is 4. The minimum Gasteiger partial charge on any atom is -0.371 e. The predicted octanol–water partition coefficient (Wildman–Crippen LogP) is 5.07. The van der Waals surface area contributed by atoms with Crippen molar-refractivity contribution in [3.05, 3.63) is 90.5 Å². The monoisotopic (exact) mass is 505 g/mol. The molecule has 182 valence electrons. The highest BCUT2D eigenvalue weighted by molar-refractivity contribution is 7.18. The van der Waals surface area contributed by atoms with Gasteiger partial charge in [0.05, 0.1) is 17.3 Å². The summed E-state index contributed by atoms with van der Waals surface area (Å²) in [6, 6.07) is 12.1. The lowest BCUT2D eigenvalue weighted by Crippen LogP contribution is -2.18. The molecule has 0 bridgehead atoms. The van der Waals surface area contributed by atoms with E-state index in [9.17, 15) is 13.6 Å². The van der Waals surface area contributed by atoms with Crippen LogP contribution in [0.3, 0.4) is 0 Å². The number of hydrogen-bond acceptors (Lipinski definition) is 7. The molecule has 1 aliphatic rings. The number of carbonyl (C=O) groups is 1. The van der Waals surface area contributed by atoms with E-state index in [1.165, 1.54) is 24.2 Å². The van der Waals surface area contributed by atoms with Crippen LogP contribution in [0.15, 0.2) is 73.3 Å². The molecule has 1 fully saturated rings. The topological polar surface area (TPSA) is 88.3 Å². The van der Waals surface area contributed by atoms with Crippen LogP contribution in [0.2, 0.25) is 0 Å². The second-order valence-electron chi connectivity index (χ2n) is 8.01. The number of nitrogens with one attached hydrogen (secondary N) is 1. The summed E-state index contributed by atoms with van der Waals surface area (Å²) in [5.74, 6) is -1.07. The fourth-order valence-corrected chi connectivity index (χ4v) is 4.52. The smallest absolute Gasteiger partial charge is 0.261 e. The second-order valence-corrected chi connectivity index (χ2v) is 8.99. The minimum atomic E-state index is -0.411. The quantitative estimate of drug-likeness (QED) is 0.367. The standard InChI is InChI=1S/C19H17N7OS.C6H4F2/c27-17(22-19-24-23-18(28-19)13-4-3-6-20-11-13)15-12-21-26-9-5-14(10-16(15)26)25-7-1-2-8-25;7-5-1-2-6(8)4-3-5/h3-6,9-12H,1-2,7-8H2,(H,22,24,27);1-4H. The zero-order valence-corrected chi connectivity index (χ0v) is 19.8. The Morgan fingerprint density at radius 2 is 1.72 bits per heavy atom. The number of aromatic nitrogens is 5. The summed E-state index contributed by atoms with van der Waals surface area (Å²) in [6.45, 7) is 2.10. The van der Waals surface area contributed by atoms with Crippen LogP contribution in [0, 0.1) is 11.6 Å². The number of pyridine rings is 2. The van der Waals surface area contributed by atoms with Crippen LogP contribution in [0.4, 0.5) is 19.6 Å². The average Bonchev–Trinajstić information content (AvgIpc) is 3.67. The number of halogens is 2. The Morgan fingerprint density at radius 1 is 0.972 bits per heavy atom. The number of nitrogens with zero attached hydrogens (tertiary/aromatic N) is 6. The van der Waals surface area contributed by atoms with Gasteiger partial charge in [-0.25, -0.2) is 13.3 Å². The van der Waals surface area contributed by atoms with Gasteiger partial charge in [0.2, 0.25) is 5.13 Å². The van der Waals surface area contributed by atoms with Gasteiger partial charge in [0.1, 0.15) is 11.6 Å². The van der Waals surface area contributed by atoms with Gasteiger partial charge in [-0.15, -0.1) is 10.2 Å². The summed E-state index contributed by atoms with van der Waals surface area (Å²) in [5.41, 5.74) is 3.28. The van der Waals surface area contributed by atoms with Gasteiger partial charge in [-0.3, -0.25) is 15.1 Å². The van der Waals surface area contributed by atoms with E-state index in [-0.39, 0.29) is 5.91 Å². The van der Waals surface area contributed by atoms with Gasteiger partial charge in [0.25, 0.3) is 5.91 Å². The maximum Gasteiger partial charge on any atom is 0.261 e. The Balaban J connectivity index is 0.000000286. The van der Waals surface area contributed by atoms with E-state index < -0.39 is 11.6 Å². The Labute approximate surface area is 209 Å². The van der Waals surface area contributed by atoms with Crippen molar-refractivity contribution in [3.8, 4) is 10.6 Å². The lowest BCUT2D eigenvalue weighted by molar-refractivity contribution is 0.102. The lowest BCUT2D eigenvalue weighted by Gasteiger charge is -2.17. The van der Waals surface area contributed by atoms with E-state index in [1.54, 1.807) is 23.1 Å². The van der Waals surface area contributed by atoms with Crippen LogP contribution in [0.1, 0.15) is 23.2 Å². The molecule has 1 aromatic carbocycles. The highest BCUT2D eigenvalue weighted by atomic mass is 32.1. The molecule has 1 aliphatic heterocycles. The van der Waals surface area contributed by atoms with E-state index in [0.717, 1.165) is 54.1 Å². The van der Waals surface area contributed by atoms with Crippen molar-refractivity contribution in [2.75, 3.05) is 23.3 Å². The molecule has 1 N–H and O–H groups in total. The Kier molecular flexibility index (Phi) is 6.89. The zero-order chi connectivity index (χ0) is 24.9. The predicted molar refractivity (Wildman–Crippen MR) is 134 cm³/mol. The third kappa shape index (κ3) is 5.36. The molecule has 4 aromatic heterocycles. The molecule has 0 atom stereocenters. The molecule has 0 radical (unpaired) electrons. The summed E-state index contributed by atoms with van der Waals surface area (Å²) in [6.07, 6.45) is 9.31. The van der Waals surface area contributed by atoms with Crippen molar-refractivity contribution < 1.29 is 13.6 Å². The molecule has 5 heterocycles. The van der Waals surface area contributed by atoms with E-state index >= 15 is 0 Å². The van der Waals surface area contributed by atoms with Crippen LogP contribution >= 0.6 is 11.3 Å². The Hall–Kier alpha value is -4.25. The third-order valence-corrected chi connectivity index (χ3v) is 6.47. The SMILES string of the molecule is Fc1ccc(F)cc1.O=C(Nc1nnc(-c2cccnc2)s1)c1cnn2ccc(N3CCCC3)cc12. The first kappa shape index (κ1) is 23.5. The number of hydrogen-bond donors (Lipinski definition) is 1. The van der Waals surface area contributed by atoms with Gasteiger partial charge in [-0.1, -0.05) is 11.3 Å².